The van der Waals surface area contributed by atoms with Gasteiger partial charge in [-0.05, 0) is 48.0 Å². The predicted octanol–water partition coefficient (Wildman–Crippen LogP) is 5.48. The molecule has 32 heavy (non-hydrogen) atoms. The normalized spacial score (nSPS) is 16.9. The van der Waals surface area contributed by atoms with Crippen molar-refractivity contribution in [2.45, 2.75) is 5.92 Å². The predicted molar refractivity (Wildman–Crippen MR) is 130 cm³/mol. The van der Waals surface area contributed by atoms with Crippen molar-refractivity contribution < 1.29 is 9.59 Å². The summed E-state index contributed by atoms with van der Waals surface area (Å²) in [5, 5.41) is 8.57. The van der Waals surface area contributed by atoms with Crippen molar-refractivity contribution in [1.82, 2.24) is 4.90 Å². The zero-order valence-electron chi connectivity index (χ0n) is 17.0. The molecule has 1 unspecified atom stereocenters. The lowest BCUT2D eigenvalue weighted by molar-refractivity contribution is 0.229. The summed E-state index contributed by atoms with van der Waals surface area (Å²) in [4.78, 5) is 31.3. The van der Waals surface area contributed by atoms with Crippen molar-refractivity contribution >= 4 is 50.9 Å². The van der Waals surface area contributed by atoms with Gasteiger partial charge in [-0.15, -0.1) is 0 Å². The second-order valence-corrected chi connectivity index (χ2v) is 8.57. The fourth-order valence-electron chi connectivity index (χ4n) is 3.94. The smallest absolute Gasteiger partial charge is 0.308 e. The summed E-state index contributed by atoms with van der Waals surface area (Å²) >= 11 is 3.39. The fraction of sp³-hybridized carbons (Fsp3) is 0.125. The van der Waals surface area contributed by atoms with Gasteiger partial charge in [-0.1, -0.05) is 46.3 Å². The molecule has 160 valence electrons. The van der Waals surface area contributed by atoms with Crippen LogP contribution in [0.1, 0.15) is 17.0 Å². The van der Waals surface area contributed by atoms with Gasteiger partial charge >= 0.3 is 12.1 Å². The Morgan fingerprint density at radius 3 is 2.59 bits per heavy atom. The Kier molecular flexibility index (Phi) is 5.36. The number of nitrogens with zero attached hydrogens (tertiary/aromatic N) is 2. The maximum atomic E-state index is 12.6. The molecule has 5 rings (SSSR count). The molecule has 3 aromatic rings. The summed E-state index contributed by atoms with van der Waals surface area (Å²) in [6.45, 7) is 1.15. The van der Waals surface area contributed by atoms with Gasteiger partial charge in [-0.25, -0.2) is 9.59 Å². The second-order valence-electron chi connectivity index (χ2n) is 7.66. The van der Waals surface area contributed by atoms with Crippen LogP contribution in [0.4, 0.5) is 26.7 Å². The number of rotatable bonds is 3. The minimum atomic E-state index is -0.314. The van der Waals surface area contributed by atoms with Crippen LogP contribution in [-0.4, -0.2) is 35.9 Å². The van der Waals surface area contributed by atoms with Crippen LogP contribution in [0.15, 0.2) is 82.3 Å². The first-order valence-corrected chi connectivity index (χ1v) is 11.0. The molecule has 0 spiro atoms. The highest BCUT2D eigenvalue weighted by atomic mass is 79.9. The molecule has 0 aliphatic carbocycles. The summed E-state index contributed by atoms with van der Waals surface area (Å²) in [7, 11) is 0. The average molecular weight is 490 g/mol. The Bertz CT molecular complexity index is 1230. The van der Waals surface area contributed by atoms with E-state index in [1.165, 1.54) is 0 Å². The summed E-state index contributed by atoms with van der Waals surface area (Å²) in [5.41, 5.74) is 4.19. The number of fused-ring (bicyclic) bond motifs is 3. The number of nitrogens with one attached hydrogen (secondary N) is 3. The van der Waals surface area contributed by atoms with E-state index in [1.54, 1.807) is 4.90 Å². The van der Waals surface area contributed by atoms with E-state index in [9.17, 15) is 9.59 Å². The number of para-hydroxylation sites is 1. The molecule has 1 atom stereocenters. The molecule has 0 saturated heterocycles. The molecule has 0 fully saturated rings. The van der Waals surface area contributed by atoms with E-state index in [1.807, 2.05) is 72.8 Å². The van der Waals surface area contributed by atoms with Crippen molar-refractivity contribution in [1.29, 1.82) is 0 Å². The maximum absolute atomic E-state index is 12.6. The minimum absolute atomic E-state index is 0.0827. The van der Waals surface area contributed by atoms with E-state index in [4.69, 9.17) is 4.99 Å². The van der Waals surface area contributed by atoms with Crippen LogP contribution in [0, 0.1) is 0 Å². The molecule has 2 aliphatic rings. The standard InChI is InChI=1S/C24H20BrN5O2/c25-17-4-3-5-19(12-17)28-23(31)27-18-10-8-15(9-11-18)16-13-26-22-20-6-1-2-7-21(20)29-24(32)30(22)14-16/h1-12,16H,13-14H2,(H,29,32)(H2,27,28,31). The van der Waals surface area contributed by atoms with Crippen LogP contribution < -0.4 is 16.0 Å². The summed E-state index contributed by atoms with van der Waals surface area (Å²) in [6, 6.07) is 22.3. The topological polar surface area (TPSA) is 85.8 Å². The van der Waals surface area contributed by atoms with E-state index in [0.29, 0.717) is 24.5 Å². The molecule has 8 heteroatoms. The molecule has 3 aromatic carbocycles. The Morgan fingerprint density at radius 2 is 1.78 bits per heavy atom. The van der Waals surface area contributed by atoms with Crippen molar-refractivity contribution in [3.63, 3.8) is 0 Å². The molecule has 2 heterocycles. The molecule has 0 bridgehead atoms. The van der Waals surface area contributed by atoms with Crippen LogP contribution in [0.5, 0.6) is 0 Å². The highest BCUT2D eigenvalue weighted by Gasteiger charge is 2.34. The van der Waals surface area contributed by atoms with Crippen LogP contribution in [0.25, 0.3) is 0 Å². The van der Waals surface area contributed by atoms with Gasteiger partial charge in [0.05, 0.1) is 5.69 Å². The highest BCUT2D eigenvalue weighted by molar-refractivity contribution is 9.10. The lowest BCUT2D eigenvalue weighted by atomic mass is 9.95. The van der Waals surface area contributed by atoms with E-state index in [0.717, 1.165) is 27.1 Å². The Morgan fingerprint density at radius 1 is 1.00 bits per heavy atom. The number of hydrogen-bond donors (Lipinski definition) is 3. The molecule has 4 amide bonds. The van der Waals surface area contributed by atoms with E-state index in [2.05, 4.69) is 31.9 Å². The van der Waals surface area contributed by atoms with Crippen LogP contribution in [0.2, 0.25) is 0 Å². The monoisotopic (exact) mass is 489 g/mol. The molecular formula is C24H20BrN5O2. The zero-order valence-corrected chi connectivity index (χ0v) is 18.6. The zero-order chi connectivity index (χ0) is 22.1. The second kappa shape index (κ2) is 8.47. The Labute approximate surface area is 193 Å². The molecular weight excluding hydrogens is 470 g/mol. The maximum Gasteiger partial charge on any atom is 0.327 e. The first-order valence-electron chi connectivity index (χ1n) is 10.2. The number of anilines is 3. The summed E-state index contributed by atoms with van der Waals surface area (Å²) < 4.78 is 0.892. The third-order valence-corrected chi connectivity index (χ3v) is 5.99. The highest BCUT2D eigenvalue weighted by Crippen LogP contribution is 2.30. The first-order chi connectivity index (χ1) is 15.6. The fourth-order valence-corrected chi connectivity index (χ4v) is 4.33. The third-order valence-electron chi connectivity index (χ3n) is 5.50. The summed E-state index contributed by atoms with van der Waals surface area (Å²) in [5.74, 6) is 0.808. The number of hydrogen-bond acceptors (Lipinski definition) is 3. The van der Waals surface area contributed by atoms with Gasteiger partial charge in [0.25, 0.3) is 0 Å². The van der Waals surface area contributed by atoms with Gasteiger partial charge in [-0.2, -0.15) is 0 Å². The van der Waals surface area contributed by atoms with Crippen LogP contribution in [0.3, 0.4) is 0 Å². The number of amides is 4. The molecule has 0 saturated carbocycles. The largest absolute Gasteiger partial charge is 0.327 e. The van der Waals surface area contributed by atoms with E-state index in [-0.39, 0.29) is 18.0 Å². The van der Waals surface area contributed by atoms with Crippen LogP contribution in [-0.2, 0) is 0 Å². The van der Waals surface area contributed by atoms with Gasteiger partial charge in [0.2, 0.25) is 0 Å². The number of carbonyl (C=O) groups is 2. The van der Waals surface area contributed by atoms with Gasteiger partial charge in [0, 0.05) is 40.4 Å². The number of aliphatic imine (C=N–C) groups is 1. The van der Waals surface area contributed by atoms with Crippen molar-refractivity contribution in [2.75, 3.05) is 29.0 Å². The number of urea groups is 2. The summed E-state index contributed by atoms with van der Waals surface area (Å²) in [6.07, 6.45) is 0. The van der Waals surface area contributed by atoms with Gasteiger partial charge < -0.3 is 16.0 Å². The number of amidine groups is 1. The Balaban J connectivity index is 1.26. The van der Waals surface area contributed by atoms with Crippen molar-refractivity contribution in [3.8, 4) is 0 Å². The van der Waals surface area contributed by atoms with Gasteiger partial charge in [0.1, 0.15) is 5.84 Å². The SMILES string of the molecule is O=C(Nc1ccc(C2CN=C3c4ccccc4NC(=O)N3C2)cc1)Nc1cccc(Br)c1. The number of benzene rings is 3. The molecule has 7 nitrogen and oxygen atoms in total. The molecule has 2 aliphatic heterocycles. The van der Waals surface area contributed by atoms with Gasteiger partial charge in [0.15, 0.2) is 0 Å². The minimum Gasteiger partial charge on any atom is -0.308 e. The van der Waals surface area contributed by atoms with E-state index >= 15 is 0 Å². The number of carbonyl (C=O) groups excluding carboxylic acids is 2. The third kappa shape index (κ3) is 4.09. The molecule has 0 radical (unpaired) electrons. The molecule has 3 N–H and O–H groups in total. The molecule has 0 aromatic heterocycles. The lowest BCUT2D eigenvalue weighted by Crippen LogP contribution is -2.49. The van der Waals surface area contributed by atoms with E-state index < -0.39 is 0 Å². The van der Waals surface area contributed by atoms with Crippen molar-refractivity contribution in [3.05, 3.63) is 88.4 Å². The van der Waals surface area contributed by atoms with Crippen LogP contribution >= 0.6 is 15.9 Å². The first kappa shape index (κ1) is 20.3. The quantitative estimate of drug-likeness (QED) is 0.454. The average Bonchev–Trinajstić information content (AvgIpc) is 2.79. The van der Waals surface area contributed by atoms with Crippen molar-refractivity contribution in [2.24, 2.45) is 4.99 Å². The van der Waals surface area contributed by atoms with Gasteiger partial charge in [-0.3, -0.25) is 9.89 Å². The lowest BCUT2D eigenvalue weighted by Gasteiger charge is -2.36. The Hall–Kier alpha value is -3.65. The number of halogens is 1.